The summed E-state index contributed by atoms with van der Waals surface area (Å²) in [7, 11) is 1.50. The van der Waals surface area contributed by atoms with Crippen molar-refractivity contribution in [3.63, 3.8) is 0 Å². The smallest absolute Gasteiger partial charge is 0.255 e. The Hall–Kier alpha value is -2.41. The Labute approximate surface area is 147 Å². The van der Waals surface area contributed by atoms with Crippen molar-refractivity contribution in [3.05, 3.63) is 29.3 Å². The van der Waals surface area contributed by atoms with Gasteiger partial charge in [0, 0.05) is 42.9 Å². The van der Waals surface area contributed by atoms with Crippen LogP contribution in [0.3, 0.4) is 0 Å². The van der Waals surface area contributed by atoms with Crippen molar-refractivity contribution in [1.29, 1.82) is 0 Å². The lowest BCUT2D eigenvalue weighted by molar-refractivity contribution is -0.136. The Bertz CT molecular complexity index is 698. The fourth-order valence-corrected chi connectivity index (χ4v) is 3.82. The Kier molecular flexibility index (Phi) is 5.03. The summed E-state index contributed by atoms with van der Waals surface area (Å²) in [5.74, 6) is -0.714. The van der Waals surface area contributed by atoms with Crippen molar-refractivity contribution in [3.8, 4) is 0 Å². The molecule has 2 saturated heterocycles. The van der Waals surface area contributed by atoms with Crippen molar-refractivity contribution in [1.82, 2.24) is 10.2 Å². The number of piperidine rings is 1. The van der Waals surface area contributed by atoms with Gasteiger partial charge >= 0.3 is 0 Å². The highest BCUT2D eigenvalue weighted by Gasteiger charge is 2.40. The SMILES string of the molecule is CN.O=C1CCC(N2Cc3c(cccc3N3CCCC3)C2=O)C(=O)N1. The van der Waals surface area contributed by atoms with Gasteiger partial charge in [-0.1, -0.05) is 6.07 Å². The molecule has 0 saturated carbocycles. The molecular weight excluding hydrogens is 320 g/mol. The number of imide groups is 1. The van der Waals surface area contributed by atoms with Gasteiger partial charge in [-0.3, -0.25) is 19.7 Å². The van der Waals surface area contributed by atoms with Crippen LogP contribution in [0.15, 0.2) is 18.2 Å². The molecule has 0 spiro atoms. The molecule has 7 nitrogen and oxygen atoms in total. The molecule has 3 amide bonds. The van der Waals surface area contributed by atoms with E-state index in [4.69, 9.17) is 0 Å². The number of anilines is 1. The molecule has 0 bridgehead atoms. The van der Waals surface area contributed by atoms with Crippen LogP contribution in [0.5, 0.6) is 0 Å². The predicted molar refractivity (Wildman–Crippen MR) is 94.0 cm³/mol. The molecule has 2 fully saturated rings. The number of hydrogen-bond acceptors (Lipinski definition) is 5. The van der Waals surface area contributed by atoms with E-state index in [1.165, 1.54) is 19.9 Å². The van der Waals surface area contributed by atoms with Crippen molar-refractivity contribution < 1.29 is 14.4 Å². The van der Waals surface area contributed by atoms with Crippen molar-refractivity contribution in [2.75, 3.05) is 25.0 Å². The van der Waals surface area contributed by atoms with E-state index >= 15 is 0 Å². The van der Waals surface area contributed by atoms with Gasteiger partial charge in [-0.15, -0.1) is 0 Å². The van der Waals surface area contributed by atoms with Crippen molar-refractivity contribution in [2.45, 2.75) is 38.3 Å². The Balaban J connectivity index is 0.000000880. The summed E-state index contributed by atoms with van der Waals surface area (Å²) >= 11 is 0. The lowest BCUT2D eigenvalue weighted by Crippen LogP contribution is -2.52. The first-order valence-electron chi connectivity index (χ1n) is 8.74. The number of amides is 3. The van der Waals surface area contributed by atoms with Crippen LogP contribution >= 0.6 is 0 Å². The molecular formula is C18H24N4O3. The molecule has 3 aliphatic rings. The number of hydrogen-bond donors (Lipinski definition) is 2. The monoisotopic (exact) mass is 344 g/mol. The van der Waals surface area contributed by atoms with Crippen LogP contribution in [0.1, 0.15) is 41.6 Å². The molecule has 25 heavy (non-hydrogen) atoms. The maximum absolute atomic E-state index is 12.7. The average molecular weight is 344 g/mol. The third kappa shape index (κ3) is 3.11. The van der Waals surface area contributed by atoms with Gasteiger partial charge in [-0.25, -0.2) is 0 Å². The van der Waals surface area contributed by atoms with Gasteiger partial charge < -0.3 is 15.5 Å². The molecule has 0 aromatic heterocycles. The highest BCUT2D eigenvalue weighted by molar-refractivity contribution is 6.06. The molecule has 4 rings (SSSR count). The second-order valence-corrected chi connectivity index (χ2v) is 6.40. The minimum Gasteiger partial charge on any atom is -0.371 e. The first-order chi connectivity index (χ1) is 12.1. The number of fused-ring (bicyclic) bond motifs is 1. The maximum atomic E-state index is 12.7. The molecule has 0 radical (unpaired) electrons. The maximum Gasteiger partial charge on any atom is 0.255 e. The van der Waals surface area contributed by atoms with Crippen LogP contribution < -0.4 is 16.0 Å². The summed E-state index contributed by atoms with van der Waals surface area (Å²) in [4.78, 5) is 40.1. The van der Waals surface area contributed by atoms with E-state index in [0.29, 0.717) is 18.5 Å². The van der Waals surface area contributed by atoms with Crippen LogP contribution in [-0.2, 0) is 16.1 Å². The van der Waals surface area contributed by atoms with Gasteiger partial charge in [0.2, 0.25) is 11.8 Å². The topological polar surface area (TPSA) is 95.7 Å². The number of benzene rings is 1. The van der Waals surface area contributed by atoms with E-state index in [-0.39, 0.29) is 24.1 Å². The van der Waals surface area contributed by atoms with E-state index in [9.17, 15) is 14.4 Å². The second kappa shape index (κ2) is 7.23. The number of nitrogens with one attached hydrogen (secondary N) is 1. The molecule has 1 aromatic carbocycles. The summed E-state index contributed by atoms with van der Waals surface area (Å²) in [6.07, 6.45) is 3.04. The van der Waals surface area contributed by atoms with Gasteiger partial charge in [0.15, 0.2) is 0 Å². The summed E-state index contributed by atoms with van der Waals surface area (Å²) in [5.41, 5.74) is 7.33. The van der Waals surface area contributed by atoms with Crippen LogP contribution in [-0.4, -0.2) is 48.8 Å². The lowest BCUT2D eigenvalue weighted by Gasteiger charge is -2.29. The average Bonchev–Trinajstić information content (AvgIpc) is 3.26. The highest BCUT2D eigenvalue weighted by Crippen LogP contribution is 2.35. The van der Waals surface area contributed by atoms with Gasteiger partial charge in [-0.05, 0) is 38.4 Å². The van der Waals surface area contributed by atoms with Gasteiger partial charge in [0.05, 0.1) is 0 Å². The van der Waals surface area contributed by atoms with Crippen molar-refractivity contribution in [2.24, 2.45) is 5.73 Å². The van der Waals surface area contributed by atoms with E-state index in [2.05, 4.69) is 22.0 Å². The molecule has 7 heteroatoms. The third-order valence-electron chi connectivity index (χ3n) is 5.00. The summed E-state index contributed by atoms with van der Waals surface area (Å²) < 4.78 is 0. The number of carbonyl (C=O) groups is 3. The number of nitrogens with zero attached hydrogens (tertiary/aromatic N) is 2. The van der Waals surface area contributed by atoms with Gasteiger partial charge in [-0.2, -0.15) is 0 Å². The molecule has 3 aliphatic heterocycles. The minimum absolute atomic E-state index is 0.101. The number of carbonyl (C=O) groups excluding carboxylic acids is 3. The predicted octanol–water partition coefficient (Wildman–Crippen LogP) is 0.623. The minimum atomic E-state index is -0.543. The fourth-order valence-electron chi connectivity index (χ4n) is 3.82. The molecule has 0 aliphatic carbocycles. The van der Waals surface area contributed by atoms with E-state index in [1.54, 1.807) is 4.90 Å². The summed E-state index contributed by atoms with van der Waals surface area (Å²) in [6.45, 7) is 2.49. The van der Waals surface area contributed by atoms with Crippen LogP contribution in [0, 0.1) is 0 Å². The Morgan fingerprint density at radius 1 is 1.12 bits per heavy atom. The van der Waals surface area contributed by atoms with Crippen molar-refractivity contribution >= 4 is 23.4 Å². The van der Waals surface area contributed by atoms with E-state index in [1.807, 2.05) is 12.1 Å². The highest BCUT2D eigenvalue weighted by atomic mass is 16.2. The molecule has 1 unspecified atom stereocenters. The van der Waals surface area contributed by atoms with Crippen LogP contribution in [0.2, 0.25) is 0 Å². The zero-order valence-electron chi connectivity index (χ0n) is 14.5. The fraction of sp³-hybridized carbons (Fsp3) is 0.500. The lowest BCUT2D eigenvalue weighted by atomic mass is 10.0. The first kappa shape index (κ1) is 17.4. The van der Waals surface area contributed by atoms with Crippen LogP contribution in [0.4, 0.5) is 5.69 Å². The quantitative estimate of drug-likeness (QED) is 0.767. The molecule has 3 N–H and O–H groups in total. The van der Waals surface area contributed by atoms with E-state index in [0.717, 1.165) is 24.3 Å². The van der Waals surface area contributed by atoms with Gasteiger partial charge in [0.25, 0.3) is 5.91 Å². The molecule has 3 heterocycles. The molecule has 1 aromatic rings. The normalized spacial score (nSPS) is 22.5. The summed E-state index contributed by atoms with van der Waals surface area (Å²) in [6, 6.07) is 5.27. The standard InChI is InChI=1S/C17H19N3O3.CH5N/c21-15-7-6-14(16(22)18-15)20-10-12-11(17(20)23)4-3-5-13(12)19-8-1-2-9-19;1-2/h3-5,14H,1-2,6-10H2,(H,18,21,22);2H2,1H3. The number of rotatable bonds is 2. The Morgan fingerprint density at radius 3 is 2.52 bits per heavy atom. The zero-order chi connectivity index (χ0) is 18.0. The molecule has 1 atom stereocenters. The third-order valence-corrected chi connectivity index (χ3v) is 5.00. The van der Waals surface area contributed by atoms with Crippen LogP contribution in [0.25, 0.3) is 0 Å². The first-order valence-corrected chi connectivity index (χ1v) is 8.74. The Morgan fingerprint density at radius 2 is 1.84 bits per heavy atom. The zero-order valence-corrected chi connectivity index (χ0v) is 14.5. The van der Waals surface area contributed by atoms with E-state index < -0.39 is 6.04 Å². The second-order valence-electron chi connectivity index (χ2n) is 6.40. The summed E-state index contributed by atoms with van der Waals surface area (Å²) in [5, 5.41) is 2.34. The largest absolute Gasteiger partial charge is 0.371 e. The van der Waals surface area contributed by atoms with Gasteiger partial charge in [0.1, 0.15) is 6.04 Å². The number of nitrogens with two attached hydrogens (primary N) is 1. The molecule has 134 valence electrons.